The van der Waals surface area contributed by atoms with Crippen LogP contribution in [0.5, 0.6) is 0 Å². The van der Waals surface area contributed by atoms with Gasteiger partial charge in [-0.05, 0) is 80.5 Å². The highest BCUT2D eigenvalue weighted by atomic mass is 32.2. The van der Waals surface area contributed by atoms with Crippen LogP contribution in [-0.2, 0) is 21.1 Å². The number of anilines is 1. The topological polar surface area (TPSA) is 98.8 Å². The quantitative estimate of drug-likeness (QED) is 0.502. The minimum atomic E-state index is -3.26. The van der Waals surface area contributed by atoms with Gasteiger partial charge in [-0.1, -0.05) is 19.1 Å². The molecule has 0 bridgehead atoms. The van der Waals surface area contributed by atoms with Gasteiger partial charge >= 0.3 is 0 Å². The number of hydrogen-bond acceptors (Lipinski definition) is 6. The standard InChI is InChI=1S/C27H36N4O4S.H2/c1-4-15-31(26-16-19(2)29-30(26)3)27(33)22-9-11-23(12-10-22)28-25(32)17-20-7-13-24(14-8-20)36(34,35)18-21-5-6-21;/h7-14,19,21,26,29H,4-6,15-18H2,1-3H3,(H,28,32);1H. The molecule has 1 saturated heterocycles. The van der Waals surface area contributed by atoms with Crippen LogP contribution in [0.3, 0.4) is 0 Å². The van der Waals surface area contributed by atoms with E-state index in [0.29, 0.717) is 34.7 Å². The molecular weight excluding hydrogens is 476 g/mol. The lowest BCUT2D eigenvalue weighted by atomic mass is 10.1. The van der Waals surface area contributed by atoms with Crippen LogP contribution in [0.1, 0.15) is 56.9 Å². The number of benzene rings is 2. The maximum absolute atomic E-state index is 13.3. The summed E-state index contributed by atoms with van der Waals surface area (Å²) in [5, 5.41) is 4.86. The largest absolute Gasteiger partial charge is 0.326 e. The van der Waals surface area contributed by atoms with Crippen molar-refractivity contribution in [3.8, 4) is 0 Å². The van der Waals surface area contributed by atoms with Crippen LogP contribution in [0.2, 0.25) is 0 Å². The number of rotatable bonds is 10. The summed E-state index contributed by atoms with van der Waals surface area (Å²) >= 11 is 0. The van der Waals surface area contributed by atoms with Gasteiger partial charge in [-0.15, -0.1) is 0 Å². The van der Waals surface area contributed by atoms with E-state index < -0.39 is 9.84 Å². The van der Waals surface area contributed by atoms with Crippen molar-refractivity contribution in [1.29, 1.82) is 0 Å². The molecule has 2 aromatic rings. The zero-order chi connectivity index (χ0) is 25.9. The highest BCUT2D eigenvalue weighted by molar-refractivity contribution is 7.91. The summed E-state index contributed by atoms with van der Waals surface area (Å²) in [5.41, 5.74) is 5.27. The Kier molecular flexibility index (Phi) is 8.12. The Morgan fingerprint density at radius 2 is 1.78 bits per heavy atom. The predicted molar refractivity (Wildman–Crippen MR) is 142 cm³/mol. The van der Waals surface area contributed by atoms with Gasteiger partial charge in [0.1, 0.15) is 0 Å². The Bertz CT molecular complexity index is 1180. The fourth-order valence-electron chi connectivity index (χ4n) is 4.68. The van der Waals surface area contributed by atoms with Crippen molar-refractivity contribution in [2.75, 3.05) is 24.7 Å². The van der Waals surface area contributed by atoms with Gasteiger partial charge in [0.15, 0.2) is 9.84 Å². The highest BCUT2D eigenvalue weighted by Gasteiger charge is 2.34. The second-order valence-electron chi connectivity index (χ2n) is 10.0. The van der Waals surface area contributed by atoms with Crippen molar-refractivity contribution in [3.63, 3.8) is 0 Å². The maximum Gasteiger partial charge on any atom is 0.255 e. The fourth-order valence-corrected chi connectivity index (χ4v) is 6.38. The molecule has 1 saturated carbocycles. The summed E-state index contributed by atoms with van der Waals surface area (Å²) in [5.74, 6) is 0.262. The molecule has 1 heterocycles. The smallest absolute Gasteiger partial charge is 0.255 e. The van der Waals surface area contributed by atoms with Gasteiger partial charge in [-0.3, -0.25) is 15.0 Å². The minimum Gasteiger partial charge on any atom is -0.326 e. The van der Waals surface area contributed by atoms with Gasteiger partial charge in [0.2, 0.25) is 5.91 Å². The first kappa shape index (κ1) is 26.3. The lowest BCUT2D eigenvalue weighted by Crippen LogP contribution is -2.49. The van der Waals surface area contributed by atoms with E-state index in [-0.39, 0.29) is 31.6 Å². The predicted octanol–water partition coefficient (Wildman–Crippen LogP) is 3.70. The van der Waals surface area contributed by atoms with E-state index >= 15 is 0 Å². The molecule has 196 valence electrons. The molecule has 2 atom stereocenters. The molecular formula is C27H38N4O4S. The van der Waals surface area contributed by atoms with E-state index in [1.165, 1.54) is 0 Å². The van der Waals surface area contributed by atoms with E-state index in [4.69, 9.17) is 0 Å². The van der Waals surface area contributed by atoms with Gasteiger partial charge in [0.25, 0.3) is 5.91 Å². The molecule has 1 aliphatic carbocycles. The lowest BCUT2D eigenvalue weighted by Gasteiger charge is -2.32. The van der Waals surface area contributed by atoms with Crippen molar-refractivity contribution < 1.29 is 19.4 Å². The number of carbonyl (C=O) groups excluding carboxylic acids is 2. The highest BCUT2D eigenvalue weighted by Crippen LogP contribution is 2.32. The summed E-state index contributed by atoms with van der Waals surface area (Å²) in [4.78, 5) is 28.0. The lowest BCUT2D eigenvalue weighted by molar-refractivity contribution is -0.115. The summed E-state index contributed by atoms with van der Waals surface area (Å²) in [6.07, 6.45) is 3.83. The first-order chi connectivity index (χ1) is 17.2. The number of hydrogen-bond donors (Lipinski definition) is 2. The van der Waals surface area contributed by atoms with Crippen LogP contribution in [0, 0.1) is 5.92 Å². The second-order valence-corrected chi connectivity index (χ2v) is 12.1. The first-order valence-electron chi connectivity index (χ1n) is 12.7. The minimum absolute atomic E-state index is 0. The molecule has 4 rings (SSSR count). The number of carbonyl (C=O) groups is 2. The molecule has 2 amide bonds. The second kappa shape index (κ2) is 11.1. The molecule has 0 aromatic heterocycles. The van der Waals surface area contributed by atoms with Crippen LogP contribution in [0.4, 0.5) is 5.69 Å². The third-order valence-electron chi connectivity index (χ3n) is 6.74. The van der Waals surface area contributed by atoms with Gasteiger partial charge in [0, 0.05) is 32.3 Å². The van der Waals surface area contributed by atoms with E-state index in [9.17, 15) is 18.0 Å². The van der Waals surface area contributed by atoms with Crippen LogP contribution in [0.15, 0.2) is 53.4 Å². The molecule has 2 aromatic carbocycles. The van der Waals surface area contributed by atoms with Gasteiger partial charge < -0.3 is 10.2 Å². The number of hydrazine groups is 1. The number of amides is 2. The van der Waals surface area contributed by atoms with Crippen molar-refractivity contribution in [1.82, 2.24) is 15.3 Å². The maximum atomic E-state index is 13.3. The average molecular weight is 515 g/mol. The molecule has 2 aliphatic rings. The Balaban J connectivity index is 0.00000380. The zero-order valence-electron chi connectivity index (χ0n) is 21.2. The van der Waals surface area contributed by atoms with Crippen LogP contribution >= 0.6 is 0 Å². The van der Waals surface area contributed by atoms with Crippen molar-refractivity contribution in [2.45, 2.75) is 63.1 Å². The molecule has 9 heteroatoms. The van der Waals surface area contributed by atoms with E-state index in [2.05, 4.69) is 24.6 Å². The van der Waals surface area contributed by atoms with E-state index in [0.717, 1.165) is 31.2 Å². The van der Waals surface area contributed by atoms with Crippen LogP contribution < -0.4 is 10.7 Å². The van der Waals surface area contributed by atoms with Crippen molar-refractivity contribution in [2.24, 2.45) is 5.92 Å². The normalized spacial score (nSPS) is 20.3. The van der Waals surface area contributed by atoms with E-state index in [1.54, 1.807) is 48.5 Å². The average Bonchev–Trinajstić information content (AvgIpc) is 3.58. The van der Waals surface area contributed by atoms with Crippen LogP contribution in [0.25, 0.3) is 0 Å². The molecule has 1 aliphatic heterocycles. The molecule has 2 unspecified atom stereocenters. The Morgan fingerprint density at radius 3 is 2.33 bits per heavy atom. The molecule has 36 heavy (non-hydrogen) atoms. The van der Waals surface area contributed by atoms with Gasteiger partial charge in [-0.25, -0.2) is 13.4 Å². The van der Waals surface area contributed by atoms with Crippen molar-refractivity contribution in [3.05, 3.63) is 59.7 Å². The monoisotopic (exact) mass is 514 g/mol. The molecule has 8 nitrogen and oxygen atoms in total. The summed E-state index contributed by atoms with van der Waals surface area (Å²) in [7, 11) is -1.30. The van der Waals surface area contributed by atoms with Gasteiger partial charge in [-0.2, -0.15) is 0 Å². The Hall–Kier alpha value is -2.75. The number of nitrogens with one attached hydrogen (secondary N) is 2. The number of nitrogens with zero attached hydrogens (tertiary/aromatic N) is 2. The van der Waals surface area contributed by atoms with Crippen LogP contribution in [-0.4, -0.2) is 61.7 Å². The fraction of sp³-hybridized carbons (Fsp3) is 0.481. The molecule has 0 spiro atoms. The van der Waals surface area contributed by atoms with Gasteiger partial charge in [0.05, 0.1) is 23.2 Å². The zero-order valence-corrected chi connectivity index (χ0v) is 22.1. The number of sulfone groups is 1. The Labute approximate surface area is 215 Å². The third-order valence-corrected chi connectivity index (χ3v) is 8.64. The van der Waals surface area contributed by atoms with Crippen molar-refractivity contribution >= 4 is 27.3 Å². The van der Waals surface area contributed by atoms with E-state index in [1.807, 2.05) is 17.0 Å². The summed E-state index contributed by atoms with van der Waals surface area (Å²) in [6.45, 7) is 4.83. The molecule has 0 radical (unpaired) electrons. The third kappa shape index (κ3) is 6.52. The summed E-state index contributed by atoms with van der Waals surface area (Å²) in [6, 6.07) is 13.8. The molecule has 2 N–H and O–H groups in total. The molecule has 2 fully saturated rings. The Morgan fingerprint density at radius 1 is 1.11 bits per heavy atom. The summed E-state index contributed by atoms with van der Waals surface area (Å²) < 4.78 is 24.8. The SMILES string of the molecule is CCCN(C(=O)c1ccc(NC(=O)Cc2ccc(S(=O)(=O)CC3CC3)cc2)cc1)C1CC(C)NN1C.[HH]. The first-order valence-corrected chi connectivity index (χ1v) is 14.3.